The number of ether oxygens (including phenoxy) is 3. The molecule has 0 heterocycles. The minimum atomic E-state index is -0.447. The zero-order chi connectivity index (χ0) is 15.0. The molecule has 1 rings (SSSR count). The van der Waals surface area contributed by atoms with Gasteiger partial charge in [0.25, 0.3) is 0 Å². The van der Waals surface area contributed by atoms with Crippen molar-refractivity contribution in [3.63, 3.8) is 0 Å². The van der Waals surface area contributed by atoms with Crippen LogP contribution in [0.15, 0.2) is 18.2 Å². The summed E-state index contributed by atoms with van der Waals surface area (Å²) in [7, 11) is 0. The molecule has 0 saturated heterocycles. The van der Waals surface area contributed by atoms with Crippen LogP contribution in [0.1, 0.15) is 25.8 Å². The molecule has 0 fully saturated rings. The zero-order valence-electron chi connectivity index (χ0n) is 12.1. The highest BCUT2D eigenvalue weighted by Crippen LogP contribution is 2.27. The fraction of sp³-hybridized carbons (Fsp3) is 0.571. The molecule has 1 aromatic carbocycles. The maximum absolute atomic E-state index is 10.9. The SMILES string of the molecule is CCOC(CCOc1cc(C)ccc1[N+](=O)[O-])OCC. The number of benzene rings is 1. The van der Waals surface area contributed by atoms with Gasteiger partial charge in [-0.15, -0.1) is 0 Å². The molecular formula is C14H21NO5. The molecule has 0 unspecified atom stereocenters. The van der Waals surface area contributed by atoms with Crippen molar-refractivity contribution in [2.45, 2.75) is 33.5 Å². The van der Waals surface area contributed by atoms with Gasteiger partial charge in [-0.25, -0.2) is 0 Å². The zero-order valence-corrected chi connectivity index (χ0v) is 12.1. The average molecular weight is 283 g/mol. The smallest absolute Gasteiger partial charge is 0.310 e. The van der Waals surface area contributed by atoms with Gasteiger partial charge in [0.1, 0.15) is 0 Å². The Morgan fingerprint density at radius 1 is 1.25 bits per heavy atom. The summed E-state index contributed by atoms with van der Waals surface area (Å²) in [5.41, 5.74) is 0.886. The minimum Gasteiger partial charge on any atom is -0.487 e. The molecule has 6 heteroatoms. The van der Waals surface area contributed by atoms with Crippen LogP contribution in [0.2, 0.25) is 0 Å². The number of nitrogens with zero attached hydrogens (tertiary/aromatic N) is 1. The summed E-state index contributed by atoms with van der Waals surface area (Å²) in [6.07, 6.45) is 0.182. The van der Waals surface area contributed by atoms with Gasteiger partial charge in [0.2, 0.25) is 0 Å². The van der Waals surface area contributed by atoms with Crippen molar-refractivity contribution in [1.82, 2.24) is 0 Å². The Bertz CT molecular complexity index is 430. The fourth-order valence-electron chi connectivity index (χ4n) is 1.74. The van der Waals surface area contributed by atoms with E-state index in [1.165, 1.54) is 6.07 Å². The summed E-state index contributed by atoms with van der Waals surface area (Å²) >= 11 is 0. The summed E-state index contributed by atoms with van der Waals surface area (Å²) in [5.74, 6) is 0.279. The first-order valence-electron chi connectivity index (χ1n) is 6.69. The number of nitro groups is 1. The molecule has 0 aromatic heterocycles. The number of rotatable bonds is 9. The van der Waals surface area contributed by atoms with Crippen LogP contribution in [0.5, 0.6) is 5.75 Å². The summed E-state index contributed by atoms with van der Waals surface area (Å²) in [5, 5.41) is 10.9. The fourth-order valence-corrected chi connectivity index (χ4v) is 1.74. The van der Waals surface area contributed by atoms with E-state index in [1.54, 1.807) is 12.1 Å². The molecule has 0 N–H and O–H groups in total. The van der Waals surface area contributed by atoms with Crippen molar-refractivity contribution in [2.24, 2.45) is 0 Å². The highest BCUT2D eigenvalue weighted by molar-refractivity contribution is 5.48. The maximum atomic E-state index is 10.9. The largest absolute Gasteiger partial charge is 0.487 e. The van der Waals surface area contributed by atoms with Gasteiger partial charge < -0.3 is 14.2 Å². The molecule has 0 amide bonds. The second-order valence-corrected chi connectivity index (χ2v) is 4.21. The molecule has 0 aliphatic rings. The standard InChI is InChI=1S/C14H21NO5/c1-4-18-14(19-5-2)8-9-20-13-10-11(3)6-7-12(13)15(16)17/h6-7,10,14H,4-5,8-9H2,1-3H3. The summed E-state index contributed by atoms with van der Waals surface area (Å²) in [6, 6.07) is 4.80. The first kappa shape index (κ1) is 16.4. The Kier molecular flexibility index (Phi) is 6.97. The van der Waals surface area contributed by atoms with Crippen LogP contribution in [-0.4, -0.2) is 31.0 Å². The lowest BCUT2D eigenvalue weighted by atomic mass is 10.2. The molecule has 6 nitrogen and oxygen atoms in total. The van der Waals surface area contributed by atoms with Gasteiger partial charge in [0.05, 0.1) is 11.5 Å². The van der Waals surface area contributed by atoms with Crippen LogP contribution in [-0.2, 0) is 9.47 Å². The molecule has 0 aliphatic heterocycles. The van der Waals surface area contributed by atoms with E-state index in [9.17, 15) is 10.1 Å². The van der Waals surface area contributed by atoms with Crippen molar-refractivity contribution in [3.8, 4) is 5.75 Å². The molecule has 1 aromatic rings. The first-order chi connectivity index (χ1) is 9.58. The third-order valence-electron chi connectivity index (χ3n) is 2.63. The van der Waals surface area contributed by atoms with Gasteiger partial charge >= 0.3 is 5.69 Å². The molecule has 0 saturated carbocycles. The third-order valence-corrected chi connectivity index (χ3v) is 2.63. The minimum absolute atomic E-state index is 0.0278. The Morgan fingerprint density at radius 2 is 1.90 bits per heavy atom. The predicted octanol–water partition coefficient (Wildman–Crippen LogP) is 3.07. The Hall–Kier alpha value is -1.66. The molecule has 0 atom stereocenters. The van der Waals surface area contributed by atoms with Crippen molar-refractivity contribution in [2.75, 3.05) is 19.8 Å². The second kappa shape index (κ2) is 8.50. The first-order valence-corrected chi connectivity index (χ1v) is 6.69. The molecule has 0 spiro atoms. The van der Waals surface area contributed by atoms with Gasteiger partial charge in [-0.2, -0.15) is 0 Å². The summed E-state index contributed by atoms with van der Waals surface area (Å²) in [4.78, 5) is 10.5. The Morgan fingerprint density at radius 3 is 2.45 bits per heavy atom. The third kappa shape index (κ3) is 5.14. The predicted molar refractivity (Wildman–Crippen MR) is 75.0 cm³/mol. The van der Waals surface area contributed by atoms with E-state index < -0.39 is 4.92 Å². The number of nitro benzene ring substituents is 1. The van der Waals surface area contributed by atoms with Crippen molar-refractivity contribution in [1.29, 1.82) is 0 Å². The van der Waals surface area contributed by atoms with Crippen molar-refractivity contribution < 1.29 is 19.1 Å². The van der Waals surface area contributed by atoms with Gasteiger partial charge in [0.15, 0.2) is 12.0 Å². The molecule has 0 aliphatic carbocycles. The Balaban J connectivity index is 2.60. The number of hydrogen-bond donors (Lipinski definition) is 0. The quantitative estimate of drug-likeness (QED) is 0.395. The lowest BCUT2D eigenvalue weighted by Gasteiger charge is -2.17. The Labute approximate surface area is 118 Å². The number of hydrogen-bond acceptors (Lipinski definition) is 5. The lowest BCUT2D eigenvalue weighted by Crippen LogP contribution is -2.20. The van der Waals surface area contributed by atoms with Crippen molar-refractivity contribution in [3.05, 3.63) is 33.9 Å². The topological polar surface area (TPSA) is 70.8 Å². The average Bonchev–Trinajstić information content (AvgIpc) is 2.39. The van der Waals surface area contributed by atoms with E-state index in [1.807, 2.05) is 20.8 Å². The molecule has 112 valence electrons. The molecule has 20 heavy (non-hydrogen) atoms. The monoisotopic (exact) mass is 283 g/mol. The van der Waals surface area contributed by atoms with Crippen LogP contribution in [0, 0.1) is 17.0 Å². The normalized spacial score (nSPS) is 10.8. The van der Waals surface area contributed by atoms with Gasteiger partial charge in [0, 0.05) is 25.7 Å². The molecular weight excluding hydrogens is 262 g/mol. The van der Waals surface area contributed by atoms with E-state index in [-0.39, 0.29) is 17.7 Å². The van der Waals surface area contributed by atoms with Crippen LogP contribution in [0.4, 0.5) is 5.69 Å². The van der Waals surface area contributed by atoms with E-state index in [0.29, 0.717) is 26.2 Å². The van der Waals surface area contributed by atoms with E-state index >= 15 is 0 Å². The van der Waals surface area contributed by atoms with Gasteiger partial charge in [-0.1, -0.05) is 6.07 Å². The van der Waals surface area contributed by atoms with Crippen LogP contribution in [0.25, 0.3) is 0 Å². The molecule has 0 radical (unpaired) electrons. The van der Waals surface area contributed by atoms with Crippen molar-refractivity contribution >= 4 is 5.69 Å². The maximum Gasteiger partial charge on any atom is 0.310 e. The lowest BCUT2D eigenvalue weighted by molar-refractivity contribution is -0.385. The van der Waals surface area contributed by atoms with Crippen LogP contribution < -0.4 is 4.74 Å². The van der Waals surface area contributed by atoms with Crippen LogP contribution in [0.3, 0.4) is 0 Å². The van der Waals surface area contributed by atoms with E-state index in [0.717, 1.165) is 5.56 Å². The van der Waals surface area contributed by atoms with E-state index in [2.05, 4.69) is 0 Å². The second-order valence-electron chi connectivity index (χ2n) is 4.21. The highest BCUT2D eigenvalue weighted by atomic mass is 16.7. The summed E-state index contributed by atoms with van der Waals surface area (Å²) < 4.78 is 16.3. The summed E-state index contributed by atoms with van der Waals surface area (Å²) in [6.45, 7) is 7.04. The molecule has 0 bridgehead atoms. The van der Waals surface area contributed by atoms with Gasteiger partial charge in [-0.05, 0) is 32.4 Å². The van der Waals surface area contributed by atoms with Gasteiger partial charge in [-0.3, -0.25) is 10.1 Å². The van der Waals surface area contributed by atoms with E-state index in [4.69, 9.17) is 14.2 Å². The number of aryl methyl sites for hydroxylation is 1. The van der Waals surface area contributed by atoms with Crippen LogP contribution >= 0.6 is 0 Å². The highest BCUT2D eigenvalue weighted by Gasteiger charge is 2.16.